The zero-order valence-electron chi connectivity index (χ0n) is 11.4. The lowest BCUT2D eigenvalue weighted by atomic mass is 10.1. The summed E-state index contributed by atoms with van der Waals surface area (Å²) in [5, 5.41) is 11.1. The maximum absolute atomic E-state index is 12.0. The van der Waals surface area contributed by atoms with E-state index in [1.54, 1.807) is 24.3 Å². The molecule has 2 amide bonds. The molecule has 118 valence electrons. The molecule has 7 nitrogen and oxygen atoms in total. The molecule has 0 atom stereocenters. The summed E-state index contributed by atoms with van der Waals surface area (Å²) in [7, 11) is 0. The third-order valence-corrected chi connectivity index (χ3v) is 3.56. The third-order valence-electron chi connectivity index (χ3n) is 2.80. The predicted octanol–water partition coefficient (Wildman–Crippen LogP) is 3.09. The Balaban J connectivity index is 2.09. The van der Waals surface area contributed by atoms with Crippen molar-refractivity contribution in [2.24, 2.45) is 0 Å². The van der Waals surface area contributed by atoms with E-state index in [-0.39, 0.29) is 10.6 Å². The van der Waals surface area contributed by atoms with Crippen LogP contribution in [-0.4, -0.2) is 16.7 Å². The molecule has 0 spiro atoms. The van der Waals surface area contributed by atoms with Gasteiger partial charge in [0.15, 0.2) is 0 Å². The minimum atomic E-state index is -0.821. The van der Waals surface area contributed by atoms with E-state index in [1.807, 2.05) is 0 Å². The normalized spacial score (nSPS) is 10.0. The highest BCUT2D eigenvalue weighted by molar-refractivity contribution is 9.10. The minimum Gasteiger partial charge on any atom is -0.267 e. The molecule has 0 saturated carbocycles. The number of nitro groups is 1. The van der Waals surface area contributed by atoms with Gasteiger partial charge in [-0.25, -0.2) is 0 Å². The van der Waals surface area contributed by atoms with Crippen LogP contribution in [0.4, 0.5) is 5.69 Å². The van der Waals surface area contributed by atoms with Crippen LogP contribution >= 0.6 is 27.5 Å². The van der Waals surface area contributed by atoms with Crippen molar-refractivity contribution < 1.29 is 14.5 Å². The van der Waals surface area contributed by atoms with Gasteiger partial charge in [-0.15, -0.1) is 0 Å². The molecule has 2 rings (SSSR count). The largest absolute Gasteiger partial charge is 0.283 e. The first kappa shape index (κ1) is 16.9. The predicted molar refractivity (Wildman–Crippen MR) is 87.2 cm³/mol. The lowest BCUT2D eigenvalue weighted by Crippen LogP contribution is -2.41. The standard InChI is InChI=1S/C14H9BrClN3O4/c15-9-3-1-8(2-4-9)13(20)17-18-14(21)11-6-5-10(16)7-12(11)19(22)23/h1-7H,(H,17,20)(H,18,21). The fourth-order valence-corrected chi connectivity index (χ4v) is 2.13. The summed E-state index contributed by atoms with van der Waals surface area (Å²) < 4.78 is 0.801. The van der Waals surface area contributed by atoms with Gasteiger partial charge in [0.1, 0.15) is 5.56 Å². The Morgan fingerprint density at radius 1 is 1.04 bits per heavy atom. The lowest BCUT2D eigenvalue weighted by molar-refractivity contribution is -0.385. The molecule has 0 heterocycles. The SMILES string of the molecule is O=C(NNC(=O)c1ccc(Cl)cc1[N+](=O)[O-])c1ccc(Br)cc1. The van der Waals surface area contributed by atoms with Gasteiger partial charge in [-0.1, -0.05) is 27.5 Å². The van der Waals surface area contributed by atoms with Crippen molar-refractivity contribution >= 4 is 45.0 Å². The Kier molecular flexibility index (Phi) is 5.30. The van der Waals surface area contributed by atoms with Gasteiger partial charge in [0.05, 0.1) is 4.92 Å². The highest BCUT2D eigenvalue weighted by Gasteiger charge is 2.21. The monoisotopic (exact) mass is 397 g/mol. The molecule has 0 aliphatic heterocycles. The summed E-state index contributed by atoms with van der Waals surface area (Å²) in [4.78, 5) is 34.1. The van der Waals surface area contributed by atoms with Gasteiger partial charge in [-0.2, -0.15) is 0 Å². The summed E-state index contributed by atoms with van der Waals surface area (Å²) in [6.45, 7) is 0. The number of hydrazine groups is 1. The molecule has 0 bridgehead atoms. The number of amides is 2. The maximum Gasteiger partial charge on any atom is 0.283 e. The Labute approximate surface area is 143 Å². The molecule has 9 heteroatoms. The van der Waals surface area contributed by atoms with Crippen molar-refractivity contribution in [3.8, 4) is 0 Å². The van der Waals surface area contributed by atoms with Gasteiger partial charge < -0.3 is 0 Å². The average Bonchev–Trinajstić information content (AvgIpc) is 2.52. The van der Waals surface area contributed by atoms with Gasteiger partial charge >= 0.3 is 0 Å². The second-order valence-electron chi connectivity index (χ2n) is 4.33. The van der Waals surface area contributed by atoms with E-state index >= 15 is 0 Å². The molecule has 0 aliphatic rings. The van der Waals surface area contributed by atoms with Crippen molar-refractivity contribution in [1.82, 2.24) is 10.9 Å². The Morgan fingerprint density at radius 2 is 1.65 bits per heavy atom. The van der Waals surface area contributed by atoms with Gasteiger partial charge in [-0.05, 0) is 36.4 Å². The number of nitro benzene ring substituents is 1. The maximum atomic E-state index is 12.0. The van der Waals surface area contributed by atoms with Crippen LogP contribution < -0.4 is 10.9 Å². The molecule has 0 saturated heterocycles. The number of halogens is 2. The summed E-state index contributed by atoms with van der Waals surface area (Å²) >= 11 is 8.91. The summed E-state index contributed by atoms with van der Waals surface area (Å²) in [5.74, 6) is -1.37. The van der Waals surface area contributed by atoms with Crippen molar-refractivity contribution in [3.63, 3.8) is 0 Å². The Morgan fingerprint density at radius 3 is 2.26 bits per heavy atom. The van der Waals surface area contributed by atoms with Crippen molar-refractivity contribution in [2.75, 3.05) is 0 Å². The second-order valence-corrected chi connectivity index (χ2v) is 5.69. The van der Waals surface area contributed by atoms with Crippen molar-refractivity contribution in [3.05, 3.63) is 73.2 Å². The quantitative estimate of drug-likeness (QED) is 0.613. The van der Waals surface area contributed by atoms with Crippen LogP contribution in [0.25, 0.3) is 0 Å². The molecule has 2 aromatic carbocycles. The smallest absolute Gasteiger partial charge is 0.267 e. The number of carbonyl (C=O) groups is 2. The van der Waals surface area contributed by atoms with E-state index in [0.29, 0.717) is 5.56 Å². The second kappa shape index (κ2) is 7.21. The van der Waals surface area contributed by atoms with Crippen molar-refractivity contribution in [1.29, 1.82) is 0 Å². The molecule has 0 fully saturated rings. The molecule has 0 aromatic heterocycles. The Bertz CT molecular complexity index is 780. The average molecular weight is 399 g/mol. The molecule has 2 aromatic rings. The van der Waals surface area contributed by atoms with Crippen LogP contribution in [0.15, 0.2) is 46.9 Å². The molecular weight excluding hydrogens is 390 g/mol. The Hall–Kier alpha value is -2.45. The summed E-state index contributed by atoms with van der Waals surface area (Å²) in [6, 6.07) is 10.1. The molecule has 23 heavy (non-hydrogen) atoms. The van der Waals surface area contributed by atoms with Gasteiger partial charge in [0.2, 0.25) is 0 Å². The van der Waals surface area contributed by atoms with E-state index < -0.39 is 22.4 Å². The fourth-order valence-electron chi connectivity index (χ4n) is 1.70. The molecule has 0 unspecified atom stereocenters. The minimum absolute atomic E-state index is 0.132. The van der Waals surface area contributed by atoms with Crippen LogP contribution in [0, 0.1) is 10.1 Å². The molecular formula is C14H9BrClN3O4. The summed E-state index contributed by atoms with van der Waals surface area (Å²) in [5.41, 5.74) is 3.97. The summed E-state index contributed by atoms with van der Waals surface area (Å²) in [6.07, 6.45) is 0. The van der Waals surface area contributed by atoms with Crippen molar-refractivity contribution in [2.45, 2.75) is 0 Å². The van der Waals surface area contributed by atoms with Gasteiger partial charge in [-0.3, -0.25) is 30.6 Å². The first-order valence-electron chi connectivity index (χ1n) is 6.18. The van der Waals surface area contributed by atoms with Gasteiger partial charge in [0, 0.05) is 21.1 Å². The van der Waals surface area contributed by atoms with E-state index in [4.69, 9.17) is 11.6 Å². The van der Waals surface area contributed by atoms with Crippen LogP contribution in [0.5, 0.6) is 0 Å². The number of nitrogens with one attached hydrogen (secondary N) is 2. The number of hydrogen-bond acceptors (Lipinski definition) is 4. The van der Waals surface area contributed by atoms with Crippen LogP contribution in [-0.2, 0) is 0 Å². The number of benzene rings is 2. The zero-order chi connectivity index (χ0) is 17.0. The highest BCUT2D eigenvalue weighted by Crippen LogP contribution is 2.22. The van der Waals surface area contributed by atoms with Gasteiger partial charge in [0.25, 0.3) is 17.5 Å². The number of hydrogen-bond donors (Lipinski definition) is 2. The van der Waals surface area contributed by atoms with E-state index in [0.717, 1.165) is 10.5 Å². The van der Waals surface area contributed by atoms with E-state index in [9.17, 15) is 19.7 Å². The first-order valence-corrected chi connectivity index (χ1v) is 7.36. The number of rotatable bonds is 3. The molecule has 0 radical (unpaired) electrons. The topological polar surface area (TPSA) is 101 Å². The van der Waals surface area contributed by atoms with Crippen LogP contribution in [0.2, 0.25) is 5.02 Å². The highest BCUT2D eigenvalue weighted by atomic mass is 79.9. The third kappa shape index (κ3) is 4.27. The fraction of sp³-hybridized carbons (Fsp3) is 0. The molecule has 2 N–H and O–H groups in total. The lowest BCUT2D eigenvalue weighted by Gasteiger charge is -2.08. The number of nitrogens with zero attached hydrogens (tertiary/aromatic N) is 1. The van der Waals surface area contributed by atoms with E-state index in [2.05, 4.69) is 26.8 Å². The first-order chi connectivity index (χ1) is 10.9. The number of carbonyl (C=O) groups excluding carboxylic acids is 2. The van der Waals surface area contributed by atoms with Crippen LogP contribution in [0.1, 0.15) is 20.7 Å². The van der Waals surface area contributed by atoms with Crippen LogP contribution in [0.3, 0.4) is 0 Å². The zero-order valence-corrected chi connectivity index (χ0v) is 13.7. The van der Waals surface area contributed by atoms with E-state index in [1.165, 1.54) is 12.1 Å². The molecule has 0 aliphatic carbocycles.